The first-order valence-electron chi connectivity index (χ1n) is 7.77. The number of carboxylic acids is 1. The van der Waals surface area contributed by atoms with E-state index in [0.717, 1.165) is 5.56 Å². The van der Waals surface area contributed by atoms with Crippen LogP contribution in [0, 0.1) is 11.8 Å². The van der Waals surface area contributed by atoms with Gasteiger partial charge in [0.1, 0.15) is 0 Å². The molecule has 0 spiro atoms. The van der Waals surface area contributed by atoms with Gasteiger partial charge in [0.05, 0.1) is 24.7 Å². The Bertz CT molecular complexity index is 475. The molecule has 1 aromatic carbocycles. The van der Waals surface area contributed by atoms with Crippen molar-refractivity contribution in [1.82, 2.24) is 0 Å². The number of hydrogen-bond donors (Lipinski definition) is 4. The molecule has 5 heteroatoms. The summed E-state index contributed by atoms with van der Waals surface area (Å²) in [6, 6.07) is 9.65. The van der Waals surface area contributed by atoms with Crippen molar-refractivity contribution in [3.8, 4) is 0 Å². The molecule has 22 heavy (non-hydrogen) atoms. The van der Waals surface area contributed by atoms with Gasteiger partial charge in [-0.2, -0.15) is 0 Å². The summed E-state index contributed by atoms with van der Waals surface area (Å²) in [7, 11) is 0. The van der Waals surface area contributed by atoms with Gasteiger partial charge in [0.15, 0.2) is 0 Å². The van der Waals surface area contributed by atoms with Crippen LogP contribution in [0.2, 0.25) is 0 Å². The topological polar surface area (TPSA) is 98.0 Å². The number of benzene rings is 1. The van der Waals surface area contributed by atoms with Gasteiger partial charge in [-0.1, -0.05) is 30.3 Å². The quantitative estimate of drug-likeness (QED) is 0.607. The molecule has 1 fully saturated rings. The van der Waals surface area contributed by atoms with Crippen LogP contribution in [-0.4, -0.2) is 44.7 Å². The molecule has 4 N–H and O–H groups in total. The van der Waals surface area contributed by atoms with E-state index in [9.17, 15) is 20.1 Å². The fourth-order valence-electron chi connectivity index (χ4n) is 3.44. The largest absolute Gasteiger partial charge is 0.481 e. The predicted molar refractivity (Wildman–Crippen MR) is 81.3 cm³/mol. The van der Waals surface area contributed by atoms with Crippen LogP contribution in [0.3, 0.4) is 0 Å². The fraction of sp³-hybridized carbons (Fsp3) is 0.588. The lowest BCUT2D eigenvalue weighted by atomic mass is 9.86. The second-order valence-electron chi connectivity index (χ2n) is 6.22. The van der Waals surface area contributed by atoms with Crippen LogP contribution in [-0.2, 0) is 11.2 Å². The van der Waals surface area contributed by atoms with Crippen molar-refractivity contribution in [3.05, 3.63) is 35.9 Å². The van der Waals surface area contributed by atoms with Gasteiger partial charge in [-0.25, -0.2) is 0 Å². The lowest BCUT2D eigenvalue weighted by Crippen LogP contribution is -2.26. The molecule has 5 atom stereocenters. The van der Waals surface area contributed by atoms with Crippen LogP contribution in [0.1, 0.15) is 31.2 Å². The van der Waals surface area contributed by atoms with Crippen LogP contribution in [0.4, 0.5) is 0 Å². The molecule has 0 amide bonds. The zero-order valence-electron chi connectivity index (χ0n) is 12.5. The lowest BCUT2D eigenvalue weighted by molar-refractivity contribution is -0.139. The smallest absolute Gasteiger partial charge is 0.303 e. The molecular weight excluding hydrogens is 284 g/mol. The molecule has 0 heterocycles. The van der Waals surface area contributed by atoms with Crippen molar-refractivity contribution in [2.24, 2.45) is 11.8 Å². The van der Waals surface area contributed by atoms with Crippen molar-refractivity contribution in [2.75, 3.05) is 0 Å². The van der Waals surface area contributed by atoms with Crippen molar-refractivity contribution < 1.29 is 25.2 Å². The van der Waals surface area contributed by atoms with Crippen LogP contribution >= 0.6 is 0 Å². The minimum absolute atomic E-state index is 0.141. The molecule has 1 saturated carbocycles. The average molecular weight is 308 g/mol. The van der Waals surface area contributed by atoms with E-state index in [1.807, 2.05) is 30.3 Å². The summed E-state index contributed by atoms with van der Waals surface area (Å²) in [5, 5.41) is 39.0. The molecule has 0 radical (unpaired) electrons. The van der Waals surface area contributed by atoms with Crippen molar-refractivity contribution in [3.63, 3.8) is 0 Å². The lowest BCUT2D eigenvalue weighted by Gasteiger charge is -2.23. The monoisotopic (exact) mass is 308 g/mol. The highest BCUT2D eigenvalue weighted by Crippen LogP contribution is 2.38. The Morgan fingerprint density at radius 1 is 1.14 bits per heavy atom. The van der Waals surface area contributed by atoms with Gasteiger partial charge in [-0.05, 0) is 37.2 Å². The average Bonchev–Trinajstić information content (AvgIpc) is 2.71. The first-order valence-corrected chi connectivity index (χ1v) is 7.77. The summed E-state index contributed by atoms with van der Waals surface area (Å²) in [4.78, 5) is 10.9. The van der Waals surface area contributed by atoms with Gasteiger partial charge in [0, 0.05) is 5.92 Å². The van der Waals surface area contributed by atoms with Crippen molar-refractivity contribution in [1.29, 1.82) is 0 Å². The molecule has 0 saturated heterocycles. The third kappa shape index (κ3) is 4.53. The van der Waals surface area contributed by atoms with E-state index in [4.69, 9.17) is 5.11 Å². The van der Waals surface area contributed by atoms with Gasteiger partial charge in [0.2, 0.25) is 0 Å². The summed E-state index contributed by atoms with van der Waals surface area (Å²) >= 11 is 0. The maximum atomic E-state index is 10.9. The molecule has 5 nitrogen and oxygen atoms in total. The van der Waals surface area contributed by atoms with Gasteiger partial charge in [-0.15, -0.1) is 0 Å². The molecule has 122 valence electrons. The summed E-state index contributed by atoms with van der Waals surface area (Å²) in [5.41, 5.74) is 1.05. The summed E-state index contributed by atoms with van der Waals surface area (Å²) in [6.45, 7) is 0. The van der Waals surface area contributed by atoms with Crippen LogP contribution in [0.15, 0.2) is 30.3 Å². The predicted octanol–water partition coefficient (Wildman–Crippen LogP) is 1.20. The van der Waals surface area contributed by atoms with E-state index in [1.165, 1.54) is 0 Å². The van der Waals surface area contributed by atoms with Gasteiger partial charge >= 0.3 is 5.97 Å². The molecule has 0 aliphatic heterocycles. The Kier molecular flexibility index (Phi) is 5.94. The normalized spacial score (nSPS) is 29.4. The number of hydrogen-bond acceptors (Lipinski definition) is 4. The number of aliphatic hydroxyl groups is 3. The van der Waals surface area contributed by atoms with E-state index in [-0.39, 0.29) is 18.8 Å². The molecule has 0 aromatic heterocycles. The molecular formula is C17H24O5. The molecule has 1 aliphatic carbocycles. The Morgan fingerprint density at radius 3 is 2.41 bits per heavy atom. The number of carboxylic acid groups (broad SMARTS) is 1. The zero-order valence-corrected chi connectivity index (χ0v) is 12.5. The van der Waals surface area contributed by atoms with E-state index in [1.54, 1.807) is 0 Å². The highest BCUT2D eigenvalue weighted by Gasteiger charge is 2.42. The minimum atomic E-state index is -0.965. The third-order valence-corrected chi connectivity index (χ3v) is 4.58. The Hall–Kier alpha value is -1.43. The zero-order chi connectivity index (χ0) is 16.1. The standard InChI is InChI=1S/C17H24O5/c18-12(8-11-4-2-1-3-5-11)6-7-13-14(9-17(21)22)16(20)10-15(13)19/h1-5,12-16,18-20H,6-10H2,(H,21,22). The number of rotatable bonds is 7. The summed E-state index contributed by atoms with van der Waals surface area (Å²) in [5.74, 6) is -1.67. The van der Waals surface area contributed by atoms with E-state index in [2.05, 4.69) is 0 Å². The van der Waals surface area contributed by atoms with E-state index < -0.39 is 30.2 Å². The SMILES string of the molecule is O=C(O)CC1C(O)CC(O)C1CCC(O)Cc1ccccc1. The first kappa shape index (κ1) is 16.9. The maximum Gasteiger partial charge on any atom is 0.303 e. The molecule has 1 aromatic rings. The number of carbonyl (C=O) groups is 1. The Balaban J connectivity index is 1.87. The molecule has 0 bridgehead atoms. The maximum absolute atomic E-state index is 10.9. The highest BCUT2D eigenvalue weighted by molar-refractivity contribution is 5.67. The van der Waals surface area contributed by atoms with E-state index in [0.29, 0.717) is 19.3 Å². The molecule has 5 unspecified atom stereocenters. The van der Waals surface area contributed by atoms with Crippen LogP contribution in [0.25, 0.3) is 0 Å². The van der Waals surface area contributed by atoms with Crippen molar-refractivity contribution in [2.45, 2.75) is 50.4 Å². The Morgan fingerprint density at radius 2 is 1.77 bits per heavy atom. The van der Waals surface area contributed by atoms with Gasteiger partial charge < -0.3 is 20.4 Å². The first-order chi connectivity index (χ1) is 10.5. The summed E-state index contributed by atoms with van der Waals surface area (Å²) in [6.07, 6.45) is -0.377. The summed E-state index contributed by atoms with van der Waals surface area (Å²) < 4.78 is 0. The van der Waals surface area contributed by atoms with Crippen LogP contribution in [0.5, 0.6) is 0 Å². The Labute approximate surface area is 130 Å². The fourth-order valence-corrected chi connectivity index (χ4v) is 3.44. The van der Waals surface area contributed by atoms with Crippen LogP contribution < -0.4 is 0 Å². The van der Waals surface area contributed by atoms with Crippen molar-refractivity contribution >= 4 is 5.97 Å². The third-order valence-electron chi connectivity index (χ3n) is 4.58. The highest BCUT2D eigenvalue weighted by atomic mass is 16.4. The van der Waals surface area contributed by atoms with E-state index >= 15 is 0 Å². The second kappa shape index (κ2) is 7.72. The number of aliphatic hydroxyl groups excluding tert-OH is 3. The minimum Gasteiger partial charge on any atom is -0.481 e. The molecule has 1 aliphatic rings. The van der Waals surface area contributed by atoms with Gasteiger partial charge in [0.25, 0.3) is 0 Å². The van der Waals surface area contributed by atoms with Gasteiger partial charge in [-0.3, -0.25) is 4.79 Å². The second-order valence-corrected chi connectivity index (χ2v) is 6.22. The molecule has 2 rings (SSSR count). The number of aliphatic carboxylic acids is 1.